The molecule has 1 aromatic rings. The number of carboxylic acids is 1. The molecule has 1 aromatic carbocycles. The van der Waals surface area contributed by atoms with Gasteiger partial charge in [-0.15, -0.1) is 0 Å². The maximum absolute atomic E-state index is 11.4. The van der Waals surface area contributed by atoms with Crippen LogP contribution in [0.15, 0.2) is 41.9 Å². The smallest absolute Gasteiger partial charge is 0.408 e. The van der Waals surface area contributed by atoms with Crippen LogP contribution >= 0.6 is 11.6 Å². The standard InChI is InChI=1S/C13H14ClNO4/c1-9(14)7-11(12(16)17)15-13(18)19-8-10-5-3-2-4-6-10/h2-6,11H,1,7-8H2,(H,15,18)(H,16,17). The molecule has 0 aliphatic heterocycles. The molecule has 0 aliphatic carbocycles. The molecular formula is C13H14ClNO4. The molecule has 1 rings (SSSR count). The molecule has 0 aliphatic rings. The Hall–Kier alpha value is -2.01. The summed E-state index contributed by atoms with van der Waals surface area (Å²) < 4.78 is 4.90. The van der Waals surface area contributed by atoms with Crippen LogP contribution in [0.3, 0.4) is 0 Å². The van der Waals surface area contributed by atoms with Gasteiger partial charge in [0, 0.05) is 11.5 Å². The van der Waals surface area contributed by atoms with E-state index in [9.17, 15) is 9.59 Å². The molecule has 0 spiro atoms. The minimum absolute atomic E-state index is 0.0582. The highest BCUT2D eigenvalue weighted by Gasteiger charge is 2.21. The summed E-state index contributed by atoms with van der Waals surface area (Å²) in [6, 6.07) is 7.91. The van der Waals surface area contributed by atoms with Crippen molar-refractivity contribution in [3.63, 3.8) is 0 Å². The average Bonchev–Trinajstić information content (AvgIpc) is 2.36. The number of hydrogen-bond acceptors (Lipinski definition) is 3. The minimum Gasteiger partial charge on any atom is -0.480 e. The van der Waals surface area contributed by atoms with Crippen LogP contribution in [0.25, 0.3) is 0 Å². The number of nitrogens with one attached hydrogen (secondary N) is 1. The molecule has 6 heteroatoms. The molecular weight excluding hydrogens is 270 g/mol. The van der Waals surface area contributed by atoms with Gasteiger partial charge in [0.2, 0.25) is 0 Å². The number of carbonyl (C=O) groups excluding carboxylic acids is 1. The van der Waals surface area contributed by atoms with Crippen LogP contribution in [-0.2, 0) is 16.1 Å². The Kier molecular flexibility index (Phi) is 5.89. The maximum Gasteiger partial charge on any atom is 0.408 e. The Bertz CT molecular complexity index is 461. The van der Waals surface area contributed by atoms with Crippen molar-refractivity contribution in [3.05, 3.63) is 47.5 Å². The van der Waals surface area contributed by atoms with E-state index >= 15 is 0 Å². The van der Waals surface area contributed by atoms with Gasteiger partial charge in [-0.3, -0.25) is 0 Å². The van der Waals surface area contributed by atoms with Crippen LogP contribution in [0.4, 0.5) is 4.79 Å². The van der Waals surface area contributed by atoms with Crippen molar-refractivity contribution in [1.29, 1.82) is 0 Å². The minimum atomic E-state index is -1.20. The lowest BCUT2D eigenvalue weighted by atomic mass is 10.2. The van der Waals surface area contributed by atoms with Crippen LogP contribution in [-0.4, -0.2) is 23.2 Å². The number of hydrogen-bond donors (Lipinski definition) is 2. The normalized spacial score (nSPS) is 11.4. The average molecular weight is 284 g/mol. The van der Waals surface area contributed by atoms with Gasteiger partial charge in [0.1, 0.15) is 12.6 Å². The van der Waals surface area contributed by atoms with Crippen molar-refractivity contribution < 1.29 is 19.4 Å². The molecule has 1 unspecified atom stereocenters. The second-order valence-electron chi connectivity index (χ2n) is 3.82. The predicted molar refractivity (Wildman–Crippen MR) is 70.8 cm³/mol. The monoisotopic (exact) mass is 283 g/mol. The lowest BCUT2D eigenvalue weighted by molar-refractivity contribution is -0.139. The zero-order valence-electron chi connectivity index (χ0n) is 10.1. The maximum atomic E-state index is 11.4. The Morgan fingerprint density at radius 2 is 2.00 bits per heavy atom. The molecule has 0 saturated carbocycles. The van der Waals surface area contributed by atoms with E-state index in [1.165, 1.54) is 0 Å². The Morgan fingerprint density at radius 3 is 2.53 bits per heavy atom. The van der Waals surface area contributed by atoms with Crippen molar-refractivity contribution in [3.8, 4) is 0 Å². The lowest BCUT2D eigenvalue weighted by Gasteiger charge is -2.13. The molecule has 0 fully saturated rings. The van der Waals surface area contributed by atoms with Crippen molar-refractivity contribution >= 4 is 23.7 Å². The molecule has 0 heterocycles. The van der Waals surface area contributed by atoms with Crippen LogP contribution in [0, 0.1) is 0 Å². The first kappa shape index (κ1) is 15.0. The zero-order chi connectivity index (χ0) is 14.3. The third-order valence-electron chi connectivity index (χ3n) is 2.23. The van der Waals surface area contributed by atoms with E-state index in [0.29, 0.717) is 0 Å². The Morgan fingerprint density at radius 1 is 1.37 bits per heavy atom. The van der Waals surface area contributed by atoms with E-state index in [2.05, 4.69) is 11.9 Å². The largest absolute Gasteiger partial charge is 0.480 e. The zero-order valence-corrected chi connectivity index (χ0v) is 10.9. The van der Waals surface area contributed by atoms with E-state index in [4.69, 9.17) is 21.4 Å². The highest BCUT2D eigenvalue weighted by molar-refractivity contribution is 6.29. The molecule has 0 bridgehead atoms. The van der Waals surface area contributed by atoms with Crippen LogP contribution in [0.5, 0.6) is 0 Å². The third-order valence-corrected chi connectivity index (χ3v) is 2.38. The van der Waals surface area contributed by atoms with Gasteiger partial charge < -0.3 is 15.2 Å². The predicted octanol–water partition coefficient (Wildman–Crippen LogP) is 2.51. The van der Waals surface area contributed by atoms with Gasteiger partial charge in [-0.05, 0) is 5.56 Å². The van der Waals surface area contributed by atoms with E-state index in [0.717, 1.165) is 5.56 Å². The number of ether oxygens (including phenoxy) is 1. The van der Waals surface area contributed by atoms with Crippen molar-refractivity contribution in [1.82, 2.24) is 5.32 Å². The first-order valence-electron chi connectivity index (χ1n) is 5.52. The Balaban J connectivity index is 2.45. The van der Waals surface area contributed by atoms with Crippen molar-refractivity contribution in [2.75, 3.05) is 0 Å². The summed E-state index contributed by atoms with van der Waals surface area (Å²) in [4.78, 5) is 22.3. The SMILES string of the molecule is C=C(Cl)CC(NC(=O)OCc1ccccc1)C(=O)O. The van der Waals surface area contributed by atoms with Gasteiger partial charge in [-0.2, -0.15) is 0 Å². The fourth-order valence-corrected chi connectivity index (χ4v) is 1.48. The topological polar surface area (TPSA) is 75.6 Å². The lowest BCUT2D eigenvalue weighted by Crippen LogP contribution is -2.41. The number of aliphatic carboxylic acids is 1. The summed E-state index contributed by atoms with van der Waals surface area (Å²) in [5, 5.41) is 11.2. The second kappa shape index (κ2) is 7.43. The molecule has 2 N–H and O–H groups in total. The van der Waals surface area contributed by atoms with Gasteiger partial charge in [-0.1, -0.05) is 48.5 Å². The number of halogens is 1. The van der Waals surface area contributed by atoms with E-state index < -0.39 is 18.1 Å². The number of amides is 1. The summed E-state index contributed by atoms with van der Waals surface area (Å²) >= 11 is 5.52. The summed E-state index contributed by atoms with van der Waals surface area (Å²) in [5.41, 5.74) is 0.811. The summed E-state index contributed by atoms with van der Waals surface area (Å²) in [7, 11) is 0. The van der Waals surface area contributed by atoms with Crippen molar-refractivity contribution in [2.24, 2.45) is 0 Å². The van der Waals surface area contributed by atoms with Crippen LogP contribution in [0.1, 0.15) is 12.0 Å². The molecule has 0 radical (unpaired) electrons. The molecule has 0 aromatic heterocycles. The number of rotatable bonds is 6. The molecule has 102 valence electrons. The van der Waals surface area contributed by atoms with E-state index in [-0.39, 0.29) is 18.1 Å². The first-order chi connectivity index (χ1) is 8.99. The van der Waals surface area contributed by atoms with E-state index in [1.807, 2.05) is 18.2 Å². The molecule has 19 heavy (non-hydrogen) atoms. The van der Waals surface area contributed by atoms with Gasteiger partial charge in [-0.25, -0.2) is 9.59 Å². The van der Waals surface area contributed by atoms with Gasteiger partial charge >= 0.3 is 12.1 Å². The number of carbonyl (C=O) groups is 2. The third kappa shape index (κ3) is 5.92. The summed E-state index contributed by atoms with van der Waals surface area (Å²) in [6.07, 6.45) is -0.869. The van der Waals surface area contributed by atoms with Gasteiger partial charge in [0.05, 0.1) is 0 Å². The molecule has 5 nitrogen and oxygen atoms in total. The van der Waals surface area contributed by atoms with Crippen LogP contribution in [0.2, 0.25) is 0 Å². The molecule has 0 saturated heterocycles. The summed E-state index contributed by atoms with van der Waals surface area (Å²) in [5.74, 6) is -1.20. The highest BCUT2D eigenvalue weighted by Crippen LogP contribution is 2.08. The van der Waals surface area contributed by atoms with Gasteiger partial charge in [0.25, 0.3) is 0 Å². The highest BCUT2D eigenvalue weighted by atomic mass is 35.5. The fraction of sp³-hybridized carbons (Fsp3) is 0.231. The van der Waals surface area contributed by atoms with Crippen molar-refractivity contribution in [2.45, 2.75) is 19.1 Å². The van der Waals surface area contributed by atoms with E-state index in [1.54, 1.807) is 12.1 Å². The van der Waals surface area contributed by atoms with Crippen LogP contribution < -0.4 is 5.32 Å². The Labute approximate surface area is 115 Å². The number of carboxylic acid groups (broad SMARTS) is 1. The van der Waals surface area contributed by atoms with Gasteiger partial charge in [0.15, 0.2) is 0 Å². The number of alkyl carbamates (subject to hydrolysis) is 1. The summed E-state index contributed by atoms with van der Waals surface area (Å²) in [6.45, 7) is 3.46. The molecule has 1 atom stereocenters. The second-order valence-corrected chi connectivity index (χ2v) is 4.35. The number of benzene rings is 1. The quantitative estimate of drug-likeness (QED) is 0.841. The first-order valence-corrected chi connectivity index (χ1v) is 5.90. The fourth-order valence-electron chi connectivity index (χ4n) is 1.33. The molecule has 1 amide bonds.